The molecule has 0 fully saturated rings. The van der Waals surface area contributed by atoms with Gasteiger partial charge in [0, 0.05) is 23.6 Å². The van der Waals surface area contributed by atoms with E-state index in [0.717, 1.165) is 22.3 Å². The molecule has 1 N–H and O–H groups in total. The third-order valence-electron chi connectivity index (χ3n) is 3.52. The molecule has 1 aromatic heterocycles. The smallest absolute Gasteiger partial charge is 0.274 e. The van der Waals surface area contributed by atoms with Crippen molar-refractivity contribution in [3.05, 3.63) is 60.3 Å². The molecule has 0 saturated carbocycles. The van der Waals surface area contributed by atoms with E-state index in [1.807, 2.05) is 54.6 Å². The number of methoxy groups -OCH3 is 1. The van der Waals surface area contributed by atoms with Crippen LogP contribution < -0.4 is 9.64 Å². The molecule has 106 valence electrons. The van der Waals surface area contributed by atoms with Crippen molar-refractivity contribution in [3.63, 3.8) is 0 Å². The van der Waals surface area contributed by atoms with Gasteiger partial charge in [0.15, 0.2) is 0 Å². The lowest BCUT2D eigenvalue weighted by Crippen LogP contribution is -2.26. The molecule has 21 heavy (non-hydrogen) atoms. The topological polar surface area (TPSA) is 45.3 Å². The zero-order valence-corrected chi connectivity index (χ0v) is 12.0. The van der Waals surface area contributed by atoms with E-state index in [0.29, 0.717) is 5.69 Å². The number of aromatic amines is 1. The fourth-order valence-corrected chi connectivity index (χ4v) is 2.37. The first kappa shape index (κ1) is 13.2. The lowest BCUT2D eigenvalue weighted by atomic mass is 10.2. The molecular weight excluding hydrogens is 264 g/mol. The number of anilines is 1. The van der Waals surface area contributed by atoms with Gasteiger partial charge in [-0.3, -0.25) is 4.79 Å². The van der Waals surface area contributed by atoms with E-state index in [1.165, 1.54) is 0 Å². The largest absolute Gasteiger partial charge is 0.496 e. The van der Waals surface area contributed by atoms with Crippen molar-refractivity contribution in [2.24, 2.45) is 0 Å². The fourth-order valence-electron chi connectivity index (χ4n) is 2.37. The van der Waals surface area contributed by atoms with Crippen molar-refractivity contribution in [2.75, 3.05) is 19.1 Å². The van der Waals surface area contributed by atoms with Crippen LogP contribution in [0.2, 0.25) is 0 Å². The van der Waals surface area contributed by atoms with Crippen LogP contribution in [0, 0.1) is 0 Å². The number of para-hydroxylation sites is 1. The third kappa shape index (κ3) is 2.36. The van der Waals surface area contributed by atoms with Gasteiger partial charge in [-0.1, -0.05) is 24.3 Å². The molecule has 1 amide bonds. The van der Waals surface area contributed by atoms with Crippen LogP contribution in [-0.2, 0) is 0 Å². The Kier molecular flexibility index (Phi) is 3.36. The van der Waals surface area contributed by atoms with Crippen LogP contribution in [0.5, 0.6) is 5.75 Å². The van der Waals surface area contributed by atoms with Crippen LogP contribution in [0.25, 0.3) is 10.9 Å². The predicted octanol–water partition coefficient (Wildman–Crippen LogP) is 3.45. The second-order valence-corrected chi connectivity index (χ2v) is 4.80. The van der Waals surface area contributed by atoms with Gasteiger partial charge in [0.2, 0.25) is 0 Å². The number of hydrogen-bond donors (Lipinski definition) is 1. The van der Waals surface area contributed by atoms with E-state index in [4.69, 9.17) is 4.74 Å². The molecule has 0 aliphatic rings. The Bertz CT molecular complexity index is 778. The molecule has 0 aliphatic heterocycles. The highest BCUT2D eigenvalue weighted by Gasteiger charge is 2.16. The van der Waals surface area contributed by atoms with Gasteiger partial charge in [0.1, 0.15) is 11.4 Å². The molecule has 1 heterocycles. The molecule has 3 rings (SSSR count). The quantitative estimate of drug-likeness (QED) is 0.798. The van der Waals surface area contributed by atoms with Crippen LogP contribution in [0.3, 0.4) is 0 Å². The van der Waals surface area contributed by atoms with Gasteiger partial charge < -0.3 is 14.6 Å². The van der Waals surface area contributed by atoms with E-state index >= 15 is 0 Å². The summed E-state index contributed by atoms with van der Waals surface area (Å²) in [5.41, 5.74) is 2.29. The molecule has 0 unspecified atom stereocenters. The number of benzene rings is 2. The molecular formula is C17H16N2O2. The number of amides is 1. The maximum Gasteiger partial charge on any atom is 0.274 e. The average molecular weight is 280 g/mol. The highest BCUT2D eigenvalue weighted by atomic mass is 16.5. The van der Waals surface area contributed by atoms with E-state index in [9.17, 15) is 4.79 Å². The monoisotopic (exact) mass is 280 g/mol. The number of aromatic nitrogens is 1. The molecule has 0 aliphatic carbocycles. The minimum atomic E-state index is -0.0838. The summed E-state index contributed by atoms with van der Waals surface area (Å²) in [7, 11) is 3.39. The fraction of sp³-hybridized carbons (Fsp3) is 0.118. The highest BCUT2D eigenvalue weighted by molar-refractivity contribution is 6.07. The number of fused-ring (bicyclic) bond motifs is 1. The molecule has 4 nitrogen and oxygen atoms in total. The SMILES string of the molecule is COc1cccc2[nH]c(C(=O)N(C)c3ccccc3)cc12. The molecule has 0 saturated heterocycles. The minimum absolute atomic E-state index is 0.0838. The first-order valence-electron chi connectivity index (χ1n) is 6.69. The van der Waals surface area contributed by atoms with Crippen LogP contribution >= 0.6 is 0 Å². The minimum Gasteiger partial charge on any atom is -0.496 e. The lowest BCUT2D eigenvalue weighted by molar-refractivity contribution is 0.0989. The summed E-state index contributed by atoms with van der Waals surface area (Å²) >= 11 is 0. The Morgan fingerprint density at radius 3 is 2.57 bits per heavy atom. The number of hydrogen-bond acceptors (Lipinski definition) is 2. The van der Waals surface area contributed by atoms with E-state index < -0.39 is 0 Å². The Morgan fingerprint density at radius 1 is 1.10 bits per heavy atom. The summed E-state index contributed by atoms with van der Waals surface area (Å²) in [5.74, 6) is 0.671. The van der Waals surface area contributed by atoms with E-state index in [2.05, 4.69) is 4.98 Å². The molecule has 0 spiro atoms. The second kappa shape index (κ2) is 5.32. The number of nitrogens with one attached hydrogen (secondary N) is 1. The molecule has 0 atom stereocenters. The van der Waals surface area contributed by atoms with Gasteiger partial charge in [-0.05, 0) is 30.3 Å². The van der Waals surface area contributed by atoms with Crippen molar-refractivity contribution in [1.29, 1.82) is 0 Å². The van der Waals surface area contributed by atoms with Crippen molar-refractivity contribution >= 4 is 22.5 Å². The number of H-pyrrole nitrogens is 1. The Morgan fingerprint density at radius 2 is 1.86 bits per heavy atom. The number of nitrogens with zero attached hydrogens (tertiary/aromatic N) is 1. The van der Waals surface area contributed by atoms with Crippen molar-refractivity contribution in [3.8, 4) is 5.75 Å². The van der Waals surface area contributed by atoms with Crippen molar-refractivity contribution < 1.29 is 9.53 Å². The number of rotatable bonds is 3. The summed E-state index contributed by atoms with van der Waals surface area (Å²) in [6.45, 7) is 0. The third-order valence-corrected chi connectivity index (χ3v) is 3.52. The normalized spacial score (nSPS) is 10.6. The van der Waals surface area contributed by atoms with Crippen molar-refractivity contribution in [2.45, 2.75) is 0 Å². The Labute approximate surface area is 123 Å². The first-order valence-corrected chi connectivity index (χ1v) is 6.69. The first-order chi connectivity index (χ1) is 10.2. The highest BCUT2D eigenvalue weighted by Crippen LogP contribution is 2.27. The van der Waals surface area contributed by atoms with Gasteiger partial charge in [-0.15, -0.1) is 0 Å². The Hall–Kier alpha value is -2.75. The summed E-state index contributed by atoms with van der Waals surface area (Å²) < 4.78 is 5.32. The van der Waals surface area contributed by atoms with Crippen LogP contribution in [-0.4, -0.2) is 25.0 Å². The standard InChI is InChI=1S/C17H16N2O2/c1-19(12-7-4-3-5-8-12)17(20)15-11-13-14(18-15)9-6-10-16(13)21-2/h3-11,18H,1-2H3. The maximum atomic E-state index is 12.6. The summed E-state index contributed by atoms with van der Waals surface area (Å²) in [6, 6.07) is 17.1. The van der Waals surface area contributed by atoms with Crippen LogP contribution in [0.1, 0.15) is 10.5 Å². The number of carbonyl (C=O) groups is 1. The molecule has 2 aromatic carbocycles. The van der Waals surface area contributed by atoms with E-state index in [1.54, 1.807) is 19.1 Å². The lowest BCUT2D eigenvalue weighted by Gasteiger charge is -2.16. The van der Waals surface area contributed by atoms with E-state index in [-0.39, 0.29) is 5.91 Å². The molecule has 3 aromatic rings. The summed E-state index contributed by atoms with van der Waals surface area (Å²) in [5, 5.41) is 0.907. The zero-order valence-electron chi connectivity index (χ0n) is 12.0. The van der Waals surface area contributed by atoms with Gasteiger partial charge in [0.05, 0.1) is 7.11 Å². The Balaban J connectivity index is 1.99. The number of carbonyl (C=O) groups excluding carboxylic acids is 1. The van der Waals surface area contributed by atoms with Crippen LogP contribution in [0.15, 0.2) is 54.6 Å². The predicted molar refractivity (Wildman–Crippen MR) is 84.0 cm³/mol. The van der Waals surface area contributed by atoms with Crippen LogP contribution in [0.4, 0.5) is 5.69 Å². The maximum absolute atomic E-state index is 12.6. The van der Waals surface area contributed by atoms with Gasteiger partial charge in [-0.2, -0.15) is 0 Å². The van der Waals surface area contributed by atoms with Gasteiger partial charge >= 0.3 is 0 Å². The number of ether oxygens (including phenoxy) is 1. The summed E-state index contributed by atoms with van der Waals surface area (Å²) in [6.07, 6.45) is 0. The molecule has 0 radical (unpaired) electrons. The second-order valence-electron chi connectivity index (χ2n) is 4.80. The van der Waals surface area contributed by atoms with Gasteiger partial charge in [0.25, 0.3) is 5.91 Å². The zero-order chi connectivity index (χ0) is 14.8. The molecule has 4 heteroatoms. The average Bonchev–Trinajstić information content (AvgIpc) is 2.98. The van der Waals surface area contributed by atoms with Gasteiger partial charge in [-0.25, -0.2) is 0 Å². The summed E-state index contributed by atoms with van der Waals surface area (Å²) in [4.78, 5) is 17.3. The molecule has 0 bridgehead atoms. The van der Waals surface area contributed by atoms with Crippen molar-refractivity contribution in [1.82, 2.24) is 4.98 Å².